The number of hydrogen-bond donors (Lipinski definition) is 2. The first-order valence-electron chi connectivity index (χ1n) is 6.19. The van der Waals surface area contributed by atoms with Crippen molar-refractivity contribution in [3.05, 3.63) is 28.8 Å². The van der Waals surface area contributed by atoms with Gasteiger partial charge in [-0.2, -0.15) is 0 Å². The summed E-state index contributed by atoms with van der Waals surface area (Å²) in [6, 6.07) is 5.05. The van der Waals surface area contributed by atoms with Crippen LogP contribution >= 0.6 is 11.6 Å². The second-order valence-corrected chi connectivity index (χ2v) is 7.46. The number of rotatable bonds is 5. The number of benzene rings is 1. The lowest BCUT2D eigenvalue weighted by Crippen LogP contribution is -2.40. The molecule has 0 atom stereocenters. The van der Waals surface area contributed by atoms with E-state index in [0.29, 0.717) is 6.54 Å². The van der Waals surface area contributed by atoms with Gasteiger partial charge in [0.15, 0.2) is 0 Å². The highest BCUT2D eigenvalue weighted by molar-refractivity contribution is 7.89. The van der Waals surface area contributed by atoms with E-state index in [1.807, 2.05) is 13.0 Å². The van der Waals surface area contributed by atoms with Crippen molar-refractivity contribution in [2.45, 2.75) is 44.7 Å². The molecule has 0 aliphatic carbocycles. The molecule has 0 fully saturated rings. The van der Waals surface area contributed by atoms with Crippen molar-refractivity contribution in [2.24, 2.45) is 0 Å². The van der Waals surface area contributed by atoms with E-state index in [-0.39, 0.29) is 9.92 Å². The fraction of sp³-hybridized carbons (Fsp3) is 0.538. The van der Waals surface area contributed by atoms with E-state index in [4.69, 9.17) is 11.6 Å². The minimum Gasteiger partial charge on any atom is -0.313 e. The quantitative estimate of drug-likeness (QED) is 0.879. The van der Waals surface area contributed by atoms with Gasteiger partial charge in [-0.25, -0.2) is 13.1 Å². The summed E-state index contributed by atoms with van der Waals surface area (Å²) in [5.74, 6) is 0. The van der Waals surface area contributed by atoms with Crippen LogP contribution in [0.1, 0.15) is 33.3 Å². The number of halogens is 1. The standard InChI is InChI=1S/C13H21ClN2O2S/c1-5-15-9-10-6-7-11(14)12(8-10)19(17,18)16-13(2,3)4/h6-8,15-16H,5,9H2,1-4H3. The van der Waals surface area contributed by atoms with Gasteiger partial charge in [0, 0.05) is 12.1 Å². The topological polar surface area (TPSA) is 58.2 Å². The molecule has 4 nitrogen and oxygen atoms in total. The summed E-state index contributed by atoms with van der Waals surface area (Å²) in [6.07, 6.45) is 0. The molecule has 0 amide bonds. The second-order valence-electron chi connectivity index (χ2n) is 5.40. The molecule has 1 aromatic carbocycles. The molecule has 0 bridgehead atoms. The molecule has 0 aliphatic rings. The molecule has 1 aromatic rings. The molecule has 6 heteroatoms. The molecule has 0 aliphatic heterocycles. The van der Waals surface area contributed by atoms with Crippen molar-refractivity contribution in [1.82, 2.24) is 10.0 Å². The van der Waals surface area contributed by atoms with E-state index in [1.54, 1.807) is 32.9 Å². The Kier molecular flexibility index (Phi) is 5.38. The lowest BCUT2D eigenvalue weighted by atomic mass is 10.1. The summed E-state index contributed by atoms with van der Waals surface area (Å²) < 4.78 is 27.2. The van der Waals surface area contributed by atoms with Gasteiger partial charge in [0.05, 0.1) is 5.02 Å². The van der Waals surface area contributed by atoms with Crippen molar-refractivity contribution in [3.63, 3.8) is 0 Å². The highest BCUT2D eigenvalue weighted by Gasteiger charge is 2.24. The molecule has 108 valence electrons. The maximum atomic E-state index is 12.3. The van der Waals surface area contributed by atoms with Crippen LogP contribution in [0.4, 0.5) is 0 Å². The third kappa shape index (κ3) is 5.10. The smallest absolute Gasteiger partial charge is 0.242 e. The zero-order valence-electron chi connectivity index (χ0n) is 11.7. The Labute approximate surface area is 120 Å². The SMILES string of the molecule is CCNCc1ccc(Cl)c(S(=O)(=O)NC(C)(C)C)c1. The second kappa shape index (κ2) is 6.22. The summed E-state index contributed by atoms with van der Waals surface area (Å²) in [6.45, 7) is 8.81. The molecule has 2 N–H and O–H groups in total. The Hall–Kier alpha value is -0.620. The fourth-order valence-corrected chi connectivity index (χ4v) is 3.56. The molecule has 0 heterocycles. The van der Waals surface area contributed by atoms with Crippen LogP contribution in [0.2, 0.25) is 5.02 Å². The van der Waals surface area contributed by atoms with Crippen molar-refractivity contribution < 1.29 is 8.42 Å². The third-order valence-corrected chi connectivity index (χ3v) is 4.54. The average molecular weight is 305 g/mol. The van der Waals surface area contributed by atoms with Gasteiger partial charge < -0.3 is 5.32 Å². The fourth-order valence-electron chi connectivity index (χ4n) is 1.59. The highest BCUT2D eigenvalue weighted by atomic mass is 35.5. The highest BCUT2D eigenvalue weighted by Crippen LogP contribution is 2.23. The summed E-state index contributed by atoms with van der Waals surface area (Å²) >= 11 is 6.00. The van der Waals surface area contributed by atoms with Gasteiger partial charge in [0.2, 0.25) is 10.0 Å². The van der Waals surface area contributed by atoms with Crippen LogP contribution in [0.25, 0.3) is 0 Å². The number of nitrogens with one attached hydrogen (secondary N) is 2. The van der Waals surface area contributed by atoms with E-state index < -0.39 is 15.6 Å². The van der Waals surface area contributed by atoms with Gasteiger partial charge in [-0.05, 0) is 45.0 Å². The number of sulfonamides is 1. The van der Waals surface area contributed by atoms with Crippen LogP contribution in [-0.4, -0.2) is 20.5 Å². The summed E-state index contributed by atoms with van der Waals surface area (Å²) in [4.78, 5) is 0.125. The Morgan fingerprint density at radius 3 is 2.42 bits per heavy atom. The Balaban J connectivity index is 3.11. The van der Waals surface area contributed by atoms with Gasteiger partial charge in [-0.15, -0.1) is 0 Å². The predicted molar refractivity (Wildman–Crippen MR) is 78.9 cm³/mol. The molecule has 19 heavy (non-hydrogen) atoms. The van der Waals surface area contributed by atoms with Gasteiger partial charge in [-0.3, -0.25) is 0 Å². The first-order chi connectivity index (χ1) is 8.65. The van der Waals surface area contributed by atoms with E-state index in [0.717, 1.165) is 12.1 Å². The van der Waals surface area contributed by atoms with Crippen LogP contribution in [0, 0.1) is 0 Å². The molecule has 0 unspecified atom stereocenters. The zero-order valence-corrected chi connectivity index (χ0v) is 13.3. The average Bonchev–Trinajstić information content (AvgIpc) is 2.24. The first kappa shape index (κ1) is 16.4. The molecule has 0 radical (unpaired) electrons. The lowest BCUT2D eigenvalue weighted by Gasteiger charge is -2.21. The minimum absolute atomic E-state index is 0.125. The van der Waals surface area contributed by atoms with Crippen LogP contribution in [0.5, 0.6) is 0 Å². The maximum absolute atomic E-state index is 12.3. The largest absolute Gasteiger partial charge is 0.313 e. The van der Waals surface area contributed by atoms with Crippen molar-refractivity contribution in [1.29, 1.82) is 0 Å². The van der Waals surface area contributed by atoms with Crippen LogP contribution in [-0.2, 0) is 16.6 Å². The van der Waals surface area contributed by atoms with Crippen molar-refractivity contribution in [3.8, 4) is 0 Å². The van der Waals surface area contributed by atoms with Crippen LogP contribution < -0.4 is 10.0 Å². The van der Waals surface area contributed by atoms with Gasteiger partial charge in [0.25, 0.3) is 0 Å². The molecule has 0 aromatic heterocycles. The van der Waals surface area contributed by atoms with Crippen molar-refractivity contribution in [2.75, 3.05) is 6.54 Å². The first-order valence-corrected chi connectivity index (χ1v) is 8.05. The van der Waals surface area contributed by atoms with Gasteiger partial charge in [0.1, 0.15) is 4.90 Å². The molecular weight excluding hydrogens is 284 g/mol. The molecule has 1 rings (SSSR count). The van der Waals surface area contributed by atoms with Crippen LogP contribution in [0.15, 0.2) is 23.1 Å². The van der Waals surface area contributed by atoms with Gasteiger partial charge in [-0.1, -0.05) is 24.6 Å². The minimum atomic E-state index is -3.61. The third-order valence-electron chi connectivity index (χ3n) is 2.30. The Bertz CT molecular complexity index is 536. The van der Waals surface area contributed by atoms with Crippen LogP contribution in [0.3, 0.4) is 0 Å². The maximum Gasteiger partial charge on any atom is 0.242 e. The molecular formula is C13H21ClN2O2S. The summed E-state index contributed by atoms with van der Waals surface area (Å²) in [7, 11) is -3.61. The van der Waals surface area contributed by atoms with Crippen molar-refractivity contribution >= 4 is 21.6 Å². The zero-order chi connectivity index (χ0) is 14.7. The van der Waals surface area contributed by atoms with Gasteiger partial charge >= 0.3 is 0 Å². The lowest BCUT2D eigenvalue weighted by molar-refractivity contribution is 0.491. The Morgan fingerprint density at radius 2 is 1.89 bits per heavy atom. The molecule has 0 saturated carbocycles. The van der Waals surface area contributed by atoms with E-state index >= 15 is 0 Å². The predicted octanol–water partition coefficient (Wildman–Crippen LogP) is 2.53. The normalized spacial score (nSPS) is 12.7. The van der Waals surface area contributed by atoms with E-state index in [1.165, 1.54) is 0 Å². The summed E-state index contributed by atoms with van der Waals surface area (Å²) in [5.41, 5.74) is 0.348. The monoisotopic (exact) mass is 304 g/mol. The number of hydrogen-bond acceptors (Lipinski definition) is 3. The van der Waals surface area contributed by atoms with E-state index in [2.05, 4.69) is 10.0 Å². The summed E-state index contributed by atoms with van der Waals surface area (Å²) in [5, 5.41) is 3.39. The Morgan fingerprint density at radius 1 is 1.26 bits per heavy atom. The molecule has 0 spiro atoms. The van der Waals surface area contributed by atoms with E-state index in [9.17, 15) is 8.42 Å². The molecule has 0 saturated heterocycles.